The molecule has 2 fully saturated rings. The number of nitrogens with zero attached hydrogens (tertiary/aromatic N) is 3. The Kier molecular flexibility index (Phi) is 7.42. The zero-order chi connectivity index (χ0) is 29.4. The lowest BCUT2D eigenvalue weighted by atomic mass is 10.0. The number of ether oxygens (including phenoxy) is 1. The number of carbonyl (C=O) groups excluding carboxylic acids is 3. The molecule has 1 atom stereocenters. The average molecular weight is 593 g/mol. The van der Waals surface area contributed by atoms with Gasteiger partial charge in [0, 0.05) is 44.7 Å². The van der Waals surface area contributed by atoms with Crippen molar-refractivity contribution in [3.05, 3.63) is 89.2 Å². The number of rotatable bonds is 7. The van der Waals surface area contributed by atoms with Crippen molar-refractivity contribution in [2.45, 2.75) is 36.9 Å². The van der Waals surface area contributed by atoms with Crippen LogP contribution in [0.1, 0.15) is 34.3 Å². The molecule has 3 aromatic rings. The van der Waals surface area contributed by atoms with Gasteiger partial charge in [0.2, 0.25) is 21.8 Å². The molecule has 3 heterocycles. The number of benzene rings is 3. The molecule has 0 saturated carbocycles. The van der Waals surface area contributed by atoms with E-state index in [4.69, 9.17) is 4.74 Å². The average Bonchev–Trinajstić information content (AvgIpc) is 3.31. The van der Waals surface area contributed by atoms with Crippen LogP contribution < -0.4 is 15.0 Å². The first-order chi connectivity index (χ1) is 20.2. The number of nitrogens with one attached hydrogen (secondary N) is 1. The second-order valence-electron chi connectivity index (χ2n) is 10.5. The fraction of sp³-hybridized carbons (Fsp3) is 0.300. The van der Waals surface area contributed by atoms with E-state index < -0.39 is 33.7 Å². The molecule has 3 amide bonds. The lowest BCUT2D eigenvalue weighted by Gasteiger charge is -2.35. The zero-order valence-electron chi connectivity index (χ0n) is 22.7. The van der Waals surface area contributed by atoms with Gasteiger partial charge in [-0.2, -0.15) is 4.31 Å². The lowest BCUT2D eigenvalue weighted by molar-refractivity contribution is -0.136. The highest BCUT2D eigenvalue weighted by atomic mass is 32.2. The van der Waals surface area contributed by atoms with Crippen LogP contribution in [0.5, 0.6) is 5.75 Å². The van der Waals surface area contributed by atoms with Crippen LogP contribution in [0.4, 0.5) is 10.1 Å². The Morgan fingerprint density at radius 1 is 0.929 bits per heavy atom. The van der Waals surface area contributed by atoms with Gasteiger partial charge in [-0.15, -0.1) is 0 Å². The quantitative estimate of drug-likeness (QED) is 0.420. The van der Waals surface area contributed by atoms with E-state index in [0.29, 0.717) is 17.9 Å². The van der Waals surface area contributed by atoms with Gasteiger partial charge in [-0.25, -0.2) is 12.8 Å². The van der Waals surface area contributed by atoms with E-state index in [1.165, 1.54) is 27.4 Å². The van der Waals surface area contributed by atoms with Crippen LogP contribution in [0.3, 0.4) is 0 Å². The first-order valence-corrected chi connectivity index (χ1v) is 15.1. The second-order valence-corrected chi connectivity index (χ2v) is 12.4. The third-order valence-electron chi connectivity index (χ3n) is 7.88. The Hall–Kier alpha value is -4.29. The standard InChI is InChI=1S/C30H29FN4O6S/c31-25-17-24-21(18-35(30(24)38)26-10-11-28(36)32-29(26)37)16-27(25)33-12-14-34(15-13-33)42(39,40)23-8-6-22(7-9-23)41-19-20-4-2-1-3-5-20/h1-9,16-17,26H,10-15,18-19H2,(H,32,36,37). The van der Waals surface area contributed by atoms with Crippen molar-refractivity contribution >= 4 is 33.4 Å². The molecule has 0 spiro atoms. The molecule has 3 aliphatic heterocycles. The first kappa shape index (κ1) is 27.9. The summed E-state index contributed by atoms with van der Waals surface area (Å²) in [5.74, 6) is -1.38. The van der Waals surface area contributed by atoms with Gasteiger partial charge in [-0.3, -0.25) is 19.7 Å². The Labute approximate surface area is 242 Å². The number of piperazine rings is 1. The Bertz CT molecular complexity index is 1640. The topological polar surface area (TPSA) is 116 Å². The van der Waals surface area contributed by atoms with Gasteiger partial charge < -0.3 is 14.5 Å². The third kappa shape index (κ3) is 5.35. The molecule has 218 valence electrons. The minimum atomic E-state index is -3.76. The molecule has 10 nitrogen and oxygen atoms in total. The number of imide groups is 1. The maximum atomic E-state index is 15.2. The molecule has 3 aromatic carbocycles. The van der Waals surface area contributed by atoms with Gasteiger partial charge in [-0.05, 0) is 53.9 Å². The molecule has 42 heavy (non-hydrogen) atoms. The van der Waals surface area contributed by atoms with Crippen LogP contribution in [-0.4, -0.2) is 67.6 Å². The van der Waals surface area contributed by atoms with Gasteiger partial charge in [0.05, 0.1) is 10.6 Å². The highest BCUT2D eigenvalue weighted by molar-refractivity contribution is 7.89. The molecule has 0 aliphatic carbocycles. The molecule has 0 radical (unpaired) electrons. The molecule has 0 bridgehead atoms. The number of piperidine rings is 1. The van der Waals surface area contributed by atoms with E-state index >= 15 is 4.39 Å². The Balaban J connectivity index is 1.09. The predicted molar refractivity (Wildman–Crippen MR) is 151 cm³/mol. The number of fused-ring (bicyclic) bond motifs is 1. The first-order valence-electron chi connectivity index (χ1n) is 13.7. The summed E-state index contributed by atoms with van der Waals surface area (Å²) in [7, 11) is -3.76. The van der Waals surface area contributed by atoms with E-state index in [1.807, 2.05) is 30.3 Å². The van der Waals surface area contributed by atoms with Crippen LogP contribution in [0, 0.1) is 5.82 Å². The fourth-order valence-corrected chi connectivity index (χ4v) is 7.01. The largest absolute Gasteiger partial charge is 0.489 e. The van der Waals surface area contributed by atoms with Gasteiger partial charge in [0.25, 0.3) is 5.91 Å². The van der Waals surface area contributed by atoms with Crippen LogP contribution in [0.2, 0.25) is 0 Å². The molecule has 3 aliphatic rings. The number of carbonyl (C=O) groups is 3. The van der Waals surface area contributed by atoms with E-state index in [0.717, 1.165) is 5.56 Å². The second kappa shape index (κ2) is 11.2. The Morgan fingerprint density at radius 2 is 1.64 bits per heavy atom. The third-order valence-corrected chi connectivity index (χ3v) is 9.79. The van der Waals surface area contributed by atoms with Crippen LogP contribution in [0.15, 0.2) is 71.6 Å². The van der Waals surface area contributed by atoms with Gasteiger partial charge in [-0.1, -0.05) is 30.3 Å². The fourth-order valence-electron chi connectivity index (χ4n) is 5.59. The summed E-state index contributed by atoms with van der Waals surface area (Å²) < 4.78 is 49.0. The molecular formula is C30H29FN4O6S. The summed E-state index contributed by atoms with van der Waals surface area (Å²) >= 11 is 0. The summed E-state index contributed by atoms with van der Waals surface area (Å²) in [4.78, 5) is 40.1. The SMILES string of the molecule is O=C1CCC(N2Cc3cc(N4CCN(S(=O)(=O)c5ccc(OCc6ccccc6)cc5)CC4)c(F)cc3C2=O)C(=O)N1. The smallest absolute Gasteiger partial charge is 0.255 e. The number of halogens is 1. The van der Waals surface area contributed by atoms with E-state index in [1.54, 1.807) is 23.1 Å². The highest BCUT2D eigenvalue weighted by Crippen LogP contribution is 2.33. The minimum Gasteiger partial charge on any atom is -0.489 e. The maximum absolute atomic E-state index is 15.2. The summed E-state index contributed by atoms with van der Waals surface area (Å²) in [5, 5.41) is 2.26. The van der Waals surface area contributed by atoms with Crippen molar-refractivity contribution in [1.29, 1.82) is 0 Å². The minimum absolute atomic E-state index is 0.132. The predicted octanol–water partition coefficient (Wildman–Crippen LogP) is 2.68. The van der Waals surface area contributed by atoms with Crippen molar-refractivity contribution in [3.8, 4) is 5.75 Å². The van der Waals surface area contributed by atoms with Crippen molar-refractivity contribution in [3.63, 3.8) is 0 Å². The number of hydrogen-bond donors (Lipinski definition) is 1. The van der Waals surface area contributed by atoms with Crippen molar-refractivity contribution in [2.24, 2.45) is 0 Å². The van der Waals surface area contributed by atoms with E-state index in [2.05, 4.69) is 5.32 Å². The van der Waals surface area contributed by atoms with Crippen LogP contribution in [0.25, 0.3) is 0 Å². The monoisotopic (exact) mass is 592 g/mol. The Morgan fingerprint density at radius 3 is 2.33 bits per heavy atom. The van der Waals surface area contributed by atoms with Gasteiger partial charge >= 0.3 is 0 Å². The summed E-state index contributed by atoms with van der Waals surface area (Å²) in [5.41, 5.74) is 2.07. The number of amides is 3. The molecule has 12 heteroatoms. The van der Waals surface area contributed by atoms with E-state index in [9.17, 15) is 22.8 Å². The molecule has 2 saturated heterocycles. The zero-order valence-corrected chi connectivity index (χ0v) is 23.5. The summed E-state index contributed by atoms with van der Waals surface area (Å²) in [6, 6.07) is 18.0. The lowest BCUT2D eigenvalue weighted by Crippen LogP contribution is -2.52. The van der Waals surface area contributed by atoms with Crippen molar-refractivity contribution in [2.75, 3.05) is 31.1 Å². The molecule has 1 N–H and O–H groups in total. The van der Waals surface area contributed by atoms with E-state index in [-0.39, 0.29) is 67.6 Å². The number of sulfonamides is 1. The summed E-state index contributed by atoms with van der Waals surface area (Å²) in [6.45, 7) is 1.35. The van der Waals surface area contributed by atoms with Crippen LogP contribution >= 0.6 is 0 Å². The van der Waals surface area contributed by atoms with Crippen molar-refractivity contribution < 1.29 is 31.9 Å². The molecule has 0 aromatic heterocycles. The molecule has 1 unspecified atom stereocenters. The number of anilines is 1. The summed E-state index contributed by atoms with van der Waals surface area (Å²) in [6.07, 6.45) is 0.356. The number of hydrogen-bond acceptors (Lipinski definition) is 7. The van der Waals surface area contributed by atoms with Gasteiger partial charge in [0.1, 0.15) is 24.2 Å². The highest BCUT2D eigenvalue weighted by Gasteiger charge is 2.40. The van der Waals surface area contributed by atoms with Crippen molar-refractivity contribution in [1.82, 2.24) is 14.5 Å². The van der Waals surface area contributed by atoms with Crippen LogP contribution in [-0.2, 0) is 32.8 Å². The maximum Gasteiger partial charge on any atom is 0.255 e. The van der Waals surface area contributed by atoms with Gasteiger partial charge in [0.15, 0.2) is 0 Å². The molecule has 6 rings (SSSR count). The normalized spacial score (nSPS) is 19.5. The molecular weight excluding hydrogens is 563 g/mol.